The van der Waals surface area contributed by atoms with Gasteiger partial charge in [-0.3, -0.25) is 4.79 Å². The second kappa shape index (κ2) is 5.52. The van der Waals surface area contributed by atoms with Crippen LogP contribution in [-0.4, -0.2) is 33.4 Å². The maximum Gasteiger partial charge on any atom is 0.434 e. The normalized spacial score (nSPS) is 12.4. The number of alkyl halides is 3. The van der Waals surface area contributed by atoms with Crippen molar-refractivity contribution in [2.45, 2.75) is 20.0 Å². The fourth-order valence-electron chi connectivity index (χ4n) is 1.58. The Morgan fingerprint density at radius 2 is 2.00 bits per heavy atom. The number of ether oxygens (including phenoxy) is 1. The lowest BCUT2D eigenvalue weighted by atomic mass is 9.94. The van der Waals surface area contributed by atoms with Crippen molar-refractivity contribution in [2.75, 3.05) is 6.61 Å². The molecular formula is C13H13F3N4O3. The molecule has 0 fully saturated rings. The third-order valence-corrected chi connectivity index (χ3v) is 3.12. The lowest BCUT2D eigenvalue weighted by molar-refractivity contribution is -0.141. The minimum Gasteiger partial charge on any atom is -0.461 e. The van der Waals surface area contributed by atoms with Crippen LogP contribution >= 0.6 is 0 Å². The molecule has 3 N–H and O–H groups in total. The van der Waals surface area contributed by atoms with Crippen molar-refractivity contribution in [1.29, 1.82) is 0 Å². The van der Waals surface area contributed by atoms with Gasteiger partial charge >= 0.3 is 12.1 Å². The largest absolute Gasteiger partial charge is 0.461 e. The fourth-order valence-corrected chi connectivity index (χ4v) is 1.58. The number of nitrogens with one attached hydrogen (secondary N) is 1. The second-order valence-electron chi connectivity index (χ2n) is 5.48. The predicted molar refractivity (Wildman–Crippen MR) is 72.1 cm³/mol. The molecule has 0 atom stereocenters. The summed E-state index contributed by atoms with van der Waals surface area (Å²) >= 11 is 0. The first-order valence-electron chi connectivity index (χ1n) is 6.41. The summed E-state index contributed by atoms with van der Waals surface area (Å²) in [6.45, 7) is 2.62. The SMILES string of the molecule is CC(C)(COC(=O)c1c[nH]c2ncc(C(F)(F)F)nc12)C(N)=O. The van der Waals surface area contributed by atoms with Crippen LogP contribution in [0.2, 0.25) is 0 Å². The molecule has 23 heavy (non-hydrogen) atoms. The molecule has 0 spiro atoms. The van der Waals surface area contributed by atoms with Gasteiger partial charge in [0.05, 0.1) is 11.6 Å². The minimum absolute atomic E-state index is 0.0131. The number of esters is 1. The van der Waals surface area contributed by atoms with Crippen LogP contribution in [0.3, 0.4) is 0 Å². The van der Waals surface area contributed by atoms with E-state index in [0.29, 0.717) is 6.20 Å². The van der Waals surface area contributed by atoms with E-state index >= 15 is 0 Å². The number of halogens is 3. The average Bonchev–Trinajstić information content (AvgIpc) is 2.86. The number of fused-ring (bicyclic) bond motifs is 1. The Hall–Kier alpha value is -2.65. The van der Waals surface area contributed by atoms with Gasteiger partial charge < -0.3 is 15.5 Å². The summed E-state index contributed by atoms with van der Waals surface area (Å²) in [7, 11) is 0. The summed E-state index contributed by atoms with van der Waals surface area (Å²) in [5, 5.41) is 0. The van der Waals surface area contributed by atoms with E-state index in [1.54, 1.807) is 0 Å². The first kappa shape index (κ1) is 16.7. The number of amides is 1. The van der Waals surface area contributed by atoms with Gasteiger partial charge in [0, 0.05) is 6.20 Å². The highest BCUT2D eigenvalue weighted by Crippen LogP contribution is 2.28. The first-order valence-corrected chi connectivity index (χ1v) is 6.41. The van der Waals surface area contributed by atoms with Gasteiger partial charge in [0.1, 0.15) is 17.7 Å². The molecule has 2 aromatic heterocycles. The molecule has 0 saturated heterocycles. The highest BCUT2D eigenvalue weighted by molar-refractivity contribution is 6.01. The van der Waals surface area contributed by atoms with E-state index in [4.69, 9.17) is 10.5 Å². The molecule has 2 heterocycles. The van der Waals surface area contributed by atoms with E-state index in [0.717, 1.165) is 6.20 Å². The molecule has 7 nitrogen and oxygen atoms in total. The van der Waals surface area contributed by atoms with Crippen LogP contribution in [0.4, 0.5) is 13.2 Å². The fraction of sp³-hybridized carbons (Fsp3) is 0.385. The van der Waals surface area contributed by atoms with Crippen molar-refractivity contribution in [2.24, 2.45) is 11.1 Å². The maximum atomic E-state index is 12.7. The summed E-state index contributed by atoms with van der Waals surface area (Å²) in [6.07, 6.45) is -2.98. The van der Waals surface area contributed by atoms with Crippen LogP contribution in [0.5, 0.6) is 0 Å². The zero-order valence-corrected chi connectivity index (χ0v) is 12.2. The van der Waals surface area contributed by atoms with Crippen LogP contribution in [0, 0.1) is 5.41 Å². The number of aromatic nitrogens is 3. The molecular weight excluding hydrogens is 317 g/mol. The minimum atomic E-state index is -4.69. The number of aromatic amines is 1. The van der Waals surface area contributed by atoms with E-state index < -0.39 is 29.2 Å². The highest BCUT2D eigenvalue weighted by Gasteiger charge is 2.34. The lowest BCUT2D eigenvalue weighted by Gasteiger charge is -2.19. The number of hydrogen-bond donors (Lipinski definition) is 2. The molecule has 124 valence electrons. The number of carbonyl (C=O) groups excluding carboxylic acids is 2. The number of H-pyrrole nitrogens is 1. The van der Waals surface area contributed by atoms with Gasteiger partial charge in [-0.25, -0.2) is 14.8 Å². The van der Waals surface area contributed by atoms with Crippen molar-refractivity contribution in [3.8, 4) is 0 Å². The maximum absolute atomic E-state index is 12.7. The molecule has 0 radical (unpaired) electrons. The van der Waals surface area contributed by atoms with Crippen LogP contribution in [-0.2, 0) is 15.7 Å². The van der Waals surface area contributed by atoms with Crippen molar-refractivity contribution < 1.29 is 27.5 Å². The standard InChI is InChI=1S/C13H13F3N4O3/c1-12(2,11(17)22)5-23-10(21)6-3-18-9-8(6)20-7(4-19-9)13(14,15)16/h3-4H,5H2,1-2H3,(H2,17,22)(H,18,19). The van der Waals surface area contributed by atoms with Crippen molar-refractivity contribution in [3.63, 3.8) is 0 Å². The predicted octanol–water partition coefficient (Wildman–Crippen LogP) is 1.65. The highest BCUT2D eigenvalue weighted by atomic mass is 19.4. The van der Waals surface area contributed by atoms with E-state index in [9.17, 15) is 22.8 Å². The molecule has 0 aromatic carbocycles. The molecule has 0 aliphatic rings. The second-order valence-corrected chi connectivity index (χ2v) is 5.48. The Bertz CT molecular complexity index is 767. The number of nitrogens with two attached hydrogens (primary N) is 1. The summed E-state index contributed by atoms with van der Waals surface area (Å²) in [5.41, 5.74) is 2.36. The van der Waals surface area contributed by atoms with Gasteiger partial charge in [-0.05, 0) is 13.8 Å². The lowest BCUT2D eigenvalue weighted by Crippen LogP contribution is -2.36. The number of carbonyl (C=O) groups is 2. The van der Waals surface area contributed by atoms with Crippen LogP contribution in [0.15, 0.2) is 12.4 Å². The number of rotatable bonds is 4. The first-order chi connectivity index (χ1) is 10.5. The third kappa shape index (κ3) is 3.41. The Balaban J connectivity index is 2.29. The Labute approximate surface area is 128 Å². The Morgan fingerprint density at radius 1 is 1.35 bits per heavy atom. The molecule has 1 amide bonds. The van der Waals surface area contributed by atoms with Gasteiger partial charge in [0.25, 0.3) is 0 Å². The molecule has 2 aromatic rings. The van der Waals surface area contributed by atoms with Crippen molar-refractivity contribution >= 4 is 23.0 Å². The van der Waals surface area contributed by atoms with E-state index in [2.05, 4.69) is 15.0 Å². The molecule has 0 aliphatic carbocycles. The van der Waals surface area contributed by atoms with Gasteiger partial charge in [-0.15, -0.1) is 0 Å². The summed E-state index contributed by atoms with van der Waals surface area (Å²) in [4.78, 5) is 32.7. The molecule has 0 saturated carbocycles. The Kier molecular flexibility index (Phi) is 4.01. The molecule has 0 aliphatic heterocycles. The quantitative estimate of drug-likeness (QED) is 0.828. The topological polar surface area (TPSA) is 111 Å². The molecule has 0 unspecified atom stereocenters. The number of nitrogens with zero attached hydrogens (tertiary/aromatic N) is 2. The van der Waals surface area contributed by atoms with Crippen LogP contribution in [0.1, 0.15) is 29.9 Å². The Morgan fingerprint density at radius 3 is 2.57 bits per heavy atom. The van der Waals surface area contributed by atoms with Crippen molar-refractivity contribution in [1.82, 2.24) is 15.0 Å². The van der Waals surface area contributed by atoms with Gasteiger partial charge in [-0.1, -0.05) is 0 Å². The van der Waals surface area contributed by atoms with Crippen LogP contribution < -0.4 is 5.73 Å². The van der Waals surface area contributed by atoms with E-state index in [1.165, 1.54) is 13.8 Å². The summed E-state index contributed by atoms with van der Waals surface area (Å²) < 4.78 is 42.9. The smallest absolute Gasteiger partial charge is 0.434 e. The van der Waals surface area contributed by atoms with Gasteiger partial charge in [0.15, 0.2) is 11.3 Å². The third-order valence-electron chi connectivity index (χ3n) is 3.12. The monoisotopic (exact) mass is 330 g/mol. The van der Waals surface area contributed by atoms with E-state index in [-0.39, 0.29) is 23.3 Å². The summed E-state index contributed by atoms with van der Waals surface area (Å²) in [5.74, 6) is -1.61. The van der Waals surface area contributed by atoms with Crippen LogP contribution in [0.25, 0.3) is 11.2 Å². The zero-order chi connectivity index (χ0) is 17.4. The van der Waals surface area contributed by atoms with Gasteiger partial charge in [0.2, 0.25) is 5.91 Å². The van der Waals surface area contributed by atoms with Gasteiger partial charge in [-0.2, -0.15) is 13.2 Å². The van der Waals surface area contributed by atoms with E-state index in [1.807, 2.05) is 0 Å². The zero-order valence-electron chi connectivity index (χ0n) is 12.2. The summed E-state index contributed by atoms with van der Waals surface area (Å²) in [6, 6.07) is 0. The number of hydrogen-bond acceptors (Lipinski definition) is 5. The average molecular weight is 330 g/mol. The molecule has 0 bridgehead atoms. The van der Waals surface area contributed by atoms with Crippen molar-refractivity contribution in [3.05, 3.63) is 23.7 Å². The number of primary amides is 1. The molecule has 2 rings (SSSR count). The molecule has 10 heteroatoms.